The lowest BCUT2D eigenvalue weighted by atomic mass is 9.90. The van der Waals surface area contributed by atoms with Crippen molar-refractivity contribution >= 4 is 23.4 Å². The number of aromatic nitrogens is 2. The second-order valence-electron chi connectivity index (χ2n) is 8.73. The molecule has 178 valence electrons. The van der Waals surface area contributed by atoms with Gasteiger partial charge in [-0.2, -0.15) is 5.10 Å². The predicted molar refractivity (Wildman–Crippen MR) is 131 cm³/mol. The van der Waals surface area contributed by atoms with Crippen LogP contribution in [0.4, 0.5) is 0 Å². The van der Waals surface area contributed by atoms with Crippen LogP contribution in [0.3, 0.4) is 0 Å². The lowest BCUT2D eigenvalue weighted by molar-refractivity contribution is -0.132. The number of aryl methyl sites for hydroxylation is 1. The summed E-state index contributed by atoms with van der Waals surface area (Å²) < 4.78 is 7.89. The quantitative estimate of drug-likeness (QED) is 0.512. The maximum atomic E-state index is 13.1. The van der Waals surface area contributed by atoms with Crippen LogP contribution in [-0.2, 0) is 18.4 Å². The van der Waals surface area contributed by atoms with Crippen LogP contribution < -0.4 is 4.74 Å². The Morgan fingerprint density at radius 2 is 1.94 bits per heavy atom. The molecule has 2 atom stereocenters. The average molecular weight is 481 g/mol. The van der Waals surface area contributed by atoms with Crippen molar-refractivity contribution in [2.75, 3.05) is 20.1 Å². The Bertz CT molecular complexity index is 1130. The molecule has 1 fully saturated rings. The van der Waals surface area contributed by atoms with Gasteiger partial charge in [-0.05, 0) is 29.8 Å². The zero-order valence-electron chi connectivity index (χ0n) is 19.4. The number of hydrogen-bond donors (Lipinski definition) is 0. The van der Waals surface area contributed by atoms with Crippen LogP contribution in [0.2, 0.25) is 5.02 Å². The van der Waals surface area contributed by atoms with E-state index in [1.54, 1.807) is 45.9 Å². The number of carbonyl (C=O) groups excluding carboxylic acids is 2. The van der Waals surface area contributed by atoms with Gasteiger partial charge in [-0.3, -0.25) is 14.3 Å². The van der Waals surface area contributed by atoms with Crippen LogP contribution in [0, 0.1) is 5.92 Å². The molecule has 8 heteroatoms. The number of carbonyl (C=O) groups is 2. The molecule has 0 N–H and O–H groups in total. The smallest absolute Gasteiger partial charge is 0.274 e. The maximum Gasteiger partial charge on any atom is 0.274 e. The predicted octanol–water partition coefficient (Wildman–Crippen LogP) is 4.03. The van der Waals surface area contributed by atoms with Crippen molar-refractivity contribution < 1.29 is 14.3 Å². The van der Waals surface area contributed by atoms with E-state index in [0.29, 0.717) is 42.5 Å². The van der Waals surface area contributed by atoms with Gasteiger partial charge in [-0.25, -0.2) is 0 Å². The van der Waals surface area contributed by atoms with Crippen LogP contribution in [0.25, 0.3) is 0 Å². The van der Waals surface area contributed by atoms with E-state index in [2.05, 4.69) is 5.10 Å². The molecule has 2 heterocycles. The van der Waals surface area contributed by atoms with Gasteiger partial charge in [0, 0.05) is 63.7 Å². The molecule has 7 nitrogen and oxygen atoms in total. The van der Waals surface area contributed by atoms with E-state index in [-0.39, 0.29) is 30.3 Å². The average Bonchev–Trinajstić information content (AvgIpc) is 3.26. The van der Waals surface area contributed by atoms with E-state index in [1.807, 2.05) is 49.5 Å². The SMILES string of the molecule is CN(Cc1ccccc1)C(=O)C[C@H]1CN(C(=O)c2ccn(C)n2)CC[C@@H]1Oc1cccc(Cl)c1. The Balaban J connectivity index is 1.48. The molecule has 0 radical (unpaired) electrons. The van der Waals surface area contributed by atoms with Gasteiger partial charge < -0.3 is 14.5 Å². The summed E-state index contributed by atoms with van der Waals surface area (Å²) in [6, 6.07) is 18.9. The highest BCUT2D eigenvalue weighted by molar-refractivity contribution is 6.30. The summed E-state index contributed by atoms with van der Waals surface area (Å²) in [5, 5.41) is 4.84. The van der Waals surface area contributed by atoms with Crippen LogP contribution in [0.5, 0.6) is 5.75 Å². The Kier molecular flexibility index (Phi) is 7.53. The zero-order chi connectivity index (χ0) is 24.1. The third-order valence-electron chi connectivity index (χ3n) is 6.09. The van der Waals surface area contributed by atoms with E-state index in [1.165, 1.54) is 0 Å². The standard InChI is InChI=1S/C26H29ClN4O3/c1-29(17-19-7-4-3-5-8-19)25(32)15-20-18-31(26(33)23-11-13-30(2)28-23)14-12-24(20)34-22-10-6-9-21(27)16-22/h3-11,13,16,20,24H,12,14-15,17-18H2,1-2H3/t20-,24-/m0/s1. The Hall–Kier alpha value is -3.32. The highest BCUT2D eigenvalue weighted by Crippen LogP contribution is 2.28. The first-order valence-electron chi connectivity index (χ1n) is 11.4. The molecule has 0 aliphatic carbocycles. The summed E-state index contributed by atoms with van der Waals surface area (Å²) in [5.41, 5.74) is 1.48. The fourth-order valence-corrected chi connectivity index (χ4v) is 4.46. The molecule has 1 aromatic heterocycles. The monoisotopic (exact) mass is 480 g/mol. The molecule has 2 aromatic carbocycles. The minimum Gasteiger partial charge on any atom is -0.490 e. The first kappa shape index (κ1) is 23.8. The van der Waals surface area contributed by atoms with Crippen molar-refractivity contribution in [3.8, 4) is 5.75 Å². The highest BCUT2D eigenvalue weighted by Gasteiger charge is 2.35. The van der Waals surface area contributed by atoms with Crippen LogP contribution in [0.15, 0.2) is 66.9 Å². The van der Waals surface area contributed by atoms with Gasteiger partial charge in [-0.15, -0.1) is 0 Å². The van der Waals surface area contributed by atoms with Gasteiger partial charge in [0.05, 0.1) is 0 Å². The number of ether oxygens (including phenoxy) is 1. The molecule has 1 saturated heterocycles. The van der Waals surface area contributed by atoms with Gasteiger partial charge in [0.15, 0.2) is 0 Å². The Morgan fingerprint density at radius 1 is 1.15 bits per heavy atom. The molecule has 0 unspecified atom stereocenters. The minimum atomic E-state index is -0.208. The fourth-order valence-electron chi connectivity index (χ4n) is 4.28. The van der Waals surface area contributed by atoms with E-state index in [9.17, 15) is 9.59 Å². The Morgan fingerprint density at radius 3 is 2.65 bits per heavy atom. The molecule has 0 bridgehead atoms. The van der Waals surface area contributed by atoms with E-state index >= 15 is 0 Å². The summed E-state index contributed by atoms with van der Waals surface area (Å²) in [4.78, 5) is 29.7. The van der Waals surface area contributed by atoms with E-state index in [0.717, 1.165) is 5.56 Å². The summed E-state index contributed by atoms with van der Waals surface area (Å²) in [6.45, 7) is 1.49. The third-order valence-corrected chi connectivity index (χ3v) is 6.33. The third kappa shape index (κ3) is 5.97. The van der Waals surface area contributed by atoms with Gasteiger partial charge in [0.2, 0.25) is 5.91 Å². The van der Waals surface area contributed by atoms with Crippen LogP contribution in [-0.4, -0.2) is 57.6 Å². The van der Waals surface area contributed by atoms with Crippen LogP contribution >= 0.6 is 11.6 Å². The second kappa shape index (κ2) is 10.7. The summed E-state index contributed by atoms with van der Waals surface area (Å²) in [5.74, 6) is 0.390. The zero-order valence-corrected chi connectivity index (χ0v) is 20.2. The van der Waals surface area contributed by atoms with Gasteiger partial charge in [0.25, 0.3) is 5.91 Å². The summed E-state index contributed by atoms with van der Waals surface area (Å²) in [6.07, 6.45) is 2.44. The largest absolute Gasteiger partial charge is 0.490 e. The van der Waals surface area contributed by atoms with Crippen LogP contribution in [0.1, 0.15) is 28.9 Å². The molecule has 0 saturated carbocycles. The van der Waals surface area contributed by atoms with Crippen molar-refractivity contribution in [1.82, 2.24) is 19.6 Å². The topological polar surface area (TPSA) is 67.7 Å². The van der Waals surface area contributed by atoms with Crippen molar-refractivity contribution in [3.05, 3.63) is 83.1 Å². The minimum absolute atomic E-state index is 0.0145. The first-order chi connectivity index (χ1) is 16.4. The molecule has 4 rings (SSSR count). The second-order valence-corrected chi connectivity index (χ2v) is 9.16. The number of halogens is 1. The normalized spacial score (nSPS) is 17.9. The van der Waals surface area contributed by atoms with Crippen molar-refractivity contribution in [2.45, 2.75) is 25.5 Å². The van der Waals surface area contributed by atoms with Crippen molar-refractivity contribution in [2.24, 2.45) is 13.0 Å². The molecule has 1 aliphatic rings. The molecular formula is C26H29ClN4O3. The first-order valence-corrected chi connectivity index (χ1v) is 11.8. The number of piperidine rings is 1. The molecule has 34 heavy (non-hydrogen) atoms. The fraction of sp³-hybridized carbons (Fsp3) is 0.346. The van der Waals surface area contributed by atoms with E-state index in [4.69, 9.17) is 16.3 Å². The number of benzene rings is 2. The highest BCUT2D eigenvalue weighted by atomic mass is 35.5. The number of likely N-dealkylation sites (tertiary alicyclic amines) is 1. The molecule has 2 amide bonds. The van der Waals surface area contributed by atoms with Gasteiger partial charge in [-0.1, -0.05) is 48.0 Å². The molecule has 0 spiro atoms. The maximum absolute atomic E-state index is 13.1. The lowest BCUT2D eigenvalue weighted by Crippen LogP contribution is -2.49. The molecule has 3 aromatic rings. The van der Waals surface area contributed by atoms with Gasteiger partial charge in [0.1, 0.15) is 17.5 Å². The number of hydrogen-bond acceptors (Lipinski definition) is 4. The molecule has 1 aliphatic heterocycles. The van der Waals surface area contributed by atoms with Crippen molar-refractivity contribution in [3.63, 3.8) is 0 Å². The summed E-state index contributed by atoms with van der Waals surface area (Å²) in [7, 11) is 3.59. The molecular weight excluding hydrogens is 452 g/mol. The van der Waals surface area contributed by atoms with E-state index < -0.39 is 0 Å². The van der Waals surface area contributed by atoms with Crippen molar-refractivity contribution in [1.29, 1.82) is 0 Å². The lowest BCUT2D eigenvalue weighted by Gasteiger charge is -2.38. The Labute approximate surface area is 204 Å². The number of nitrogens with zero attached hydrogens (tertiary/aromatic N) is 4. The van der Waals surface area contributed by atoms with Gasteiger partial charge >= 0.3 is 0 Å². The number of amides is 2. The summed E-state index contributed by atoms with van der Waals surface area (Å²) >= 11 is 6.13. The number of rotatable bonds is 7.